The highest BCUT2D eigenvalue weighted by Gasteiger charge is 2.26. The van der Waals surface area contributed by atoms with E-state index in [1.807, 2.05) is 0 Å². The van der Waals surface area contributed by atoms with Crippen molar-refractivity contribution in [3.63, 3.8) is 0 Å². The van der Waals surface area contributed by atoms with E-state index in [0.717, 1.165) is 35.6 Å². The van der Waals surface area contributed by atoms with Crippen molar-refractivity contribution in [2.45, 2.75) is 122 Å². The minimum atomic E-state index is 0.435. The van der Waals surface area contributed by atoms with Crippen LogP contribution in [0.3, 0.4) is 0 Å². The third-order valence-corrected chi connectivity index (χ3v) is 8.44. The molecule has 1 aromatic rings. The van der Waals surface area contributed by atoms with Gasteiger partial charge in [0.05, 0.1) is 0 Å². The van der Waals surface area contributed by atoms with Crippen molar-refractivity contribution in [1.29, 1.82) is 0 Å². The first-order valence-electron chi connectivity index (χ1n) is 12.8. The Hall–Kier alpha value is -0.340. The lowest BCUT2D eigenvalue weighted by atomic mass is 9.78. The number of hydrogen-bond acceptors (Lipinski definition) is 2. The lowest BCUT2D eigenvalue weighted by Gasteiger charge is -2.29. The minimum absolute atomic E-state index is 0.435. The van der Waals surface area contributed by atoms with E-state index in [-0.39, 0.29) is 0 Å². The number of aromatic nitrogens is 2. The molecule has 0 saturated heterocycles. The average Bonchev–Trinajstić information content (AvgIpc) is 2.75. The van der Waals surface area contributed by atoms with Gasteiger partial charge in [-0.15, -0.1) is 0 Å². The molecule has 0 bridgehead atoms. The predicted octanol–water partition coefficient (Wildman–Crippen LogP) is 9.18. The molecule has 2 aliphatic carbocycles. The van der Waals surface area contributed by atoms with Crippen LogP contribution in [-0.2, 0) is 6.42 Å². The van der Waals surface area contributed by atoms with Gasteiger partial charge >= 0.3 is 0 Å². The average molecular weight is 454 g/mol. The van der Waals surface area contributed by atoms with E-state index in [4.69, 9.17) is 33.2 Å². The topological polar surface area (TPSA) is 25.8 Å². The molecule has 2 nitrogen and oxygen atoms in total. The van der Waals surface area contributed by atoms with Crippen LogP contribution in [0.5, 0.6) is 0 Å². The summed E-state index contributed by atoms with van der Waals surface area (Å²) in [5.41, 5.74) is 0.978. The predicted molar refractivity (Wildman–Crippen MR) is 130 cm³/mol. The highest BCUT2D eigenvalue weighted by atomic mass is 35.5. The first-order valence-corrected chi connectivity index (χ1v) is 13.6. The molecular formula is C26H42Cl2N2. The second-order valence-corrected chi connectivity index (χ2v) is 10.8. The fraction of sp³-hybridized carbons (Fsp3) is 0.846. The van der Waals surface area contributed by atoms with Gasteiger partial charge < -0.3 is 0 Å². The fourth-order valence-corrected chi connectivity index (χ4v) is 6.38. The van der Waals surface area contributed by atoms with Crippen LogP contribution in [0.4, 0.5) is 0 Å². The molecule has 0 aromatic carbocycles. The summed E-state index contributed by atoms with van der Waals surface area (Å²) in [6.45, 7) is 4.59. The van der Waals surface area contributed by atoms with Crippen molar-refractivity contribution in [2.24, 2.45) is 17.8 Å². The zero-order valence-corrected chi connectivity index (χ0v) is 20.8. The van der Waals surface area contributed by atoms with Gasteiger partial charge in [-0.05, 0) is 56.3 Å². The van der Waals surface area contributed by atoms with Crippen molar-refractivity contribution in [3.05, 3.63) is 21.7 Å². The molecule has 0 spiro atoms. The molecule has 0 N–H and O–H groups in total. The molecule has 0 aliphatic heterocycles. The van der Waals surface area contributed by atoms with Gasteiger partial charge in [-0.25, -0.2) is 9.97 Å². The third-order valence-electron chi connectivity index (χ3n) is 7.82. The van der Waals surface area contributed by atoms with E-state index in [2.05, 4.69) is 13.8 Å². The highest BCUT2D eigenvalue weighted by molar-refractivity contribution is 6.34. The first-order chi connectivity index (χ1) is 14.6. The second kappa shape index (κ2) is 12.6. The van der Waals surface area contributed by atoms with E-state index in [1.165, 1.54) is 96.3 Å². The summed E-state index contributed by atoms with van der Waals surface area (Å²) >= 11 is 13.2. The molecule has 2 fully saturated rings. The summed E-state index contributed by atoms with van der Waals surface area (Å²) in [7, 11) is 0. The Morgan fingerprint density at radius 1 is 0.667 bits per heavy atom. The highest BCUT2D eigenvalue weighted by Crippen LogP contribution is 2.39. The first kappa shape index (κ1) is 24.3. The van der Waals surface area contributed by atoms with Crippen LogP contribution in [0.25, 0.3) is 0 Å². The molecule has 0 amide bonds. The van der Waals surface area contributed by atoms with Gasteiger partial charge in [0, 0.05) is 11.5 Å². The van der Waals surface area contributed by atoms with Crippen LogP contribution >= 0.6 is 23.2 Å². The lowest BCUT2D eigenvalue weighted by Crippen LogP contribution is -2.17. The molecule has 170 valence electrons. The molecule has 0 unspecified atom stereocenters. The normalized spacial score (nSPS) is 27.3. The molecule has 4 heteroatoms. The summed E-state index contributed by atoms with van der Waals surface area (Å²) < 4.78 is 0. The number of rotatable bonds is 10. The SMILES string of the molecule is CCCCCC1CCC(c2nc(Cl)c(CCC3CCC(CCC)CC3)c(Cl)n2)CC1. The molecule has 1 aromatic heterocycles. The zero-order chi connectivity index (χ0) is 21.3. The number of halogens is 2. The van der Waals surface area contributed by atoms with Crippen molar-refractivity contribution in [2.75, 3.05) is 0 Å². The quantitative estimate of drug-likeness (QED) is 0.261. The Labute approximate surface area is 194 Å². The maximum atomic E-state index is 6.61. The molecule has 1 heterocycles. The molecule has 2 saturated carbocycles. The smallest absolute Gasteiger partial charge is 0.137 e. The van der Waals surface area contributed by atoms with E-state index in [1.54, 1.807) is 0 Å². The Morgan fingerprint density at radius 2 is 1.20 bits per heavy atom. The minimum Gasteiger partial charge on any atom is -0.221 e. The van der Waals surface area contributed by atoms with E-state index >= 15 is 0 Å². The third kappa shape index (κ3) is 7.09. The summed E-state index contributed by atoms with van der Waals surface area (Å²) in [6, 6.07) is 0. The Bertz CT molecular complexity index is 609. The number of nitrogens with zero attached hydrogens (tertiary/aromatic N) is 2. The van der Waals surface area contributed by atoms with Crippen LogP contribution in [-0.4, -0.2) is 9.97 Å². The van der Waals surface area contributed by atoms with Gasteiger partial charge in [-0.1, -0.05) is 101 Å². The van der Waals surface area contributed by atoms with Gasteiger partial charge in [0.25, 0.3) is 0 Å². The van der Waals surface area contributed by atoms with Crippen LogP contribution in [0.1, 0.15) is 127 Å². The molecule has 0 radical (unpaired) electrons. The lowest BCUT2D eigenvalue weighted by molar-refractivity contribution is 0.252. The van der Waals surface area contributed by atoms with Gasteiger partial charge in [-0.3, -0.25) is 0 Å². The number of hydrogen-bond donors (Lipinski definition) is 0. The number of unbranched alkanes of at least 4 members (excludes halogenated alkanes) is 2. The fourth-order valence-electron chi connectivity index (χ4n) is 5.79. The Kier molecular flexibility index (Phi) is 10.2. The van der Waals surface area contributed by atoms with Crippen molar-refractivity contribution < 1.29 is 0 Å². The largest absolute Gasteiger partial charge is 0.221 e. The van der Waals surface area contributed by atoms with Crippen molar-refractivity contribution in [3.8, 4) is 0 Å². The van der Waals surface area contributed by atoms with Crippen LogP contribution in [0, 0.1) is 17.8 Å². The monoisotopic (exact) mass is 452 g/mol. The van der Waals surface area contributed by atoms with E-state index < -0.39 is 0 Å². The maximum Gasteiger partial charge on any atom is 0.137 e. The molecule has 0 atom stereocenters. The Morgan fingerprint density at radius 3 is 1.77 bits per heavy atom. The van der Waals surface area contributed by atoms with Gasteiger partial charge in [0.2, 0.25) is 0 Å². The van der Waals surface area contributed by atoms with E-state index in [9.17, 15) is 0 Å². The summed E-state index contributed by atoms with van der Waals surface area (Å²) in [5, 5.41) is 1.21. The van der Waals surface area contributed by atoms with Gasteiger partial charge in [0.1, 0.15) is 16.1 Å². The zero-order valence-electron chi connectivity index (χ0n) is 19.3. The molecular weight excluding hydrogens is 411 g/mol. The van der Waals surface area contributed by atoms with Crippen molar-refractivity contribution in [1.82, 2.24) is 9.97 Å². The maximum absolute atomic E-state index is 6.61. The molecule has 3 rings (SSSR count). The summed E-state index contributed by atoms with van der Waals surface area (Å²) in [4.78, 5) is 9.46. The van der Waals surface area contributed by atoms with Crippen molar-refractivity contribution >= 4 is 23.2 Å². The summed E-state index contributed by atoms with van der Waals surface area (Å²) in [6.07, 6.45) is 20.8. The van der Waals surface area contributed by atoms with Gasteiger partial charge in [-0.2, -0.15) is 0 Å². The summed E-state index contributed by atoms with van der Waals surface area (Å²) in [5.74, 6) is 3.99. The van der Waals surface area contributed by atoms with Crippen LogP contribution < -0.4 is 0 Å². The van der Waals surface area contributed by atoms with Crippen LogP contribution in [0.15, 0.2) is 0 Å². The molecule has 30 heavy (non-hydrogen) atoms. The van der Waals surface area contributed by atoms with Crippen LogP contribution in [0.2, 0.25) is 10.3 Å². The molecule has 2 aliphatic rings. The van der Waals surface area contributed by atoms with E-state index in [0.29, 0.717) is 16.2 Å². The standard InChI is InChI=1S/C26H42Cl2N2/c1-3-5-6-8-20-13-16-22(17-14-20)26-29-24(27)23(25(28)30-26)18-15-21-11-9-19(7-4-2)10-12-21/h19-22H,3-18H2,1-2H3. The second-order valence-electron chi connectivity index (χ2n) is 10.1. The Balaban J connectivity index is 1.48. The van der Waals surface area contributed by atoms with Gasteiger partial charge in [0.15, 0.2) is 0 Å².